The quantitative estimate of drug-likeness (QED) is 0.616. The van der Waals surface area contributed by atoms with E-state index >= 15 is 0 Å². The Labute approximate surface area is 87.3 Å². The highest BCUT2D eigenvalue weighted by molar-refractivity contribution is 5.78. The Morgan fingerprint density at radius 3 is 3.20 bits per heavy atom. The zero-order valence-electron chi connectivity index (χ0n) is 8.49. The van der Waals surface area contributed by atoms with E-state index in [1.165, 1.54) is 0 Å². The van der Waals surface area contributed by atoms with Gasteiger partial charge < -0.3 is 9.72 Å². The van der Waals surface area contributed by atoms with E-state index in [1.54, 1.807) is 18.5 Å². The van der Waals surface area contributed by atoms with Crippen molar-refractivity contribution in [2.24, 2.45) is 0 Å². The molecule has 0 fully saturated rings. The lowest BCUT2D eigenvalue weighted by atomic mass is 10.3. The van der Waals surface area contributed by atoms with Crippen LogP contribution in [0.2, 0.25) is 0 Å². The molecular formula is C11H12N2O2. The van der Waals surface area contributed by atoms with Crippen LogP contribution < -0.4 is 4.74 Å². The van der Waals surface area contributed by atoms with Gasteiger partial charge in [-0.25, -0.2) is 4.98 Å². The van der Waals surface area contributed by atoms with Crippen LogP contribution in [0.4, 0.5) is 0 Å². The predicted octanol–water partition coefficient (Wildman–Crippen LogP) is 2.27. The summed E-state index contributed by atoms with van der Waals surface area (Å²) in [7, 11) is 0. The van der Waals surface area contributed by atoms with Crippen molar-refractivity contribution in [3.63, 3.8) is 0 Å². The summed E-state index contributed by atoms with van der Waals surface area (Å²) in [5.41, 5.74) is 1.74. The van der Waals surface area contributed by atoms with Crippen LogP contribution in [0.3, 0.4) is 0 Å². The zero-order valence-corrected chi connectivity index (χ0v) is 8.49. The number of ether oxygens (including phenoxy) is 1. The number of H-pyrrole nitrogens is 1. The normalized spacial score (nSPS) is 10.5. The molecular weight excluding hydrogens is 192 g/mol. The number of nitrogens with one attached hydrogen (secondary N) is 1. The minimum atomic E-state index is -0.198. The molecule has 2 aromatic rings. The number of hydrogen-bond acceptors (Lipinski definition) is 3. The molecule has 0 bridgehead atoms. The molecule has 0 saturated carbocycles. The average Bonchev–Trinajstić information content (AvgIpc) is 2.65. The number of hydrogen-bond donors (Lipinski definition) is 1. The van der Waals surface area contributed by atoms with Gasteiger partial charge in [0.15, 0.2) is 0 Å². The van der Waals surface area contributed by atoms with E-state index in [9.17, 15) is 4.79 Å². The molecule has 0 aliphatic heterocycles. The van der Waals surface area contributed by atoms with Crippen molar-refractivity contribution in [2.45, 2.75) is 19.8 Å². The number of benzene rings is 1. The minimum Gasteiger partial charge on any atom is -0.426 e. The Bertz CT molecular complexity index is 476. The lowest BCUT2D eigenvalue weighted by Crippen LogP contribution is -2.06. The maximum absolute atomic E-state index is 11.2. The molecule has 0 amide bonds. The van der Waals surface area contributed by atoms with Crippen LogP contribution in [-0.2, 0) is 4.79 Å². The summed E-state index contributed by atoms with van der Waals surface area (Å²) in [6.07, 6.45) is 2.86. The second-order valence-electron chi connectivity index (χ2n) is 3.31. The first-order chi connectivity index (χ1) is 7.29. The minimum absolute atomic E-state index is 0.198. The van der Waals surface area contributed by atoms with Crippen molar-refractivity contribution in [1.29, 1.82) is 0 Å². The van der Waals surface area contributed by atoms with Crippen LogP contribution in [0.15, 0.2) is 24.5 Å². The third kappa shape index (κ3) is 2.15. The fraction of sp³-hybridized carbons (Fsp3) is 0.273. The summed E-state index contributed by atoms with van der Waals surface area (Å²) in [4.78, 5) is 18.3. The molecule has 1 aromatic carbocycles. The second-order valence-corrected chi connectivity index (χ2v) is 3.31. The maximum Gasteiger partial charge on any atom is 0.311 e. The topological polar surface area (TPSA) is 55.0 Å². The highest BCUT2D eigenvalue weighted by Gasteiger charge is 2.04. The Hall–Kier alpha value is -1.84. The van der Waals surface area contributed by atoms with Gasteiger partial charge in [-0.3, -0.25) is 4.79 Å². The van der Waals surface area contributed by atoms with Crippen molar-refractivity contribution in [3.8, 4) is 5.75 Å². The fourth-order valence-corrected chi connectivity index (χ4v) is 1.36. The molecule has 0 spiro atoms. The van der Waals surface area contributed by atoms with Gasteiger partial charge in [-0.1, -0.05) is 6.92 Å². The van der Waals surface area contributed by atoms with Crippen LogP contribution in [0.5, 0.6) is 5.75 Å². The second kappa shape index (κ2) is 4.13. The highest BCUT2D eigenvalue weighted by atomic mass is 16.5. The van der Waals surface area contributed by atoms with Crippen LogP contribution in [0, 0.1) is 0 Å². The highest BCUT2D eigenvalue weighted by Crippen LogP contribution is 2.18. The Kier molecular flexibility index (Phi) is 2.67. The molecule has 15 heavy (non-hydrogen) atoms. The molecule has 2 rings (SSSR count). The molecule has 0 atom stereocenters. The number of esters is 1. The third-order valence-corrected chi connectivity index (χ3v) is 2.08. The SMILES string of the molecule is CCCC(=O)Oc1ccc2nc[nH]c2c1. The van der Waals surface area contributed by atoms with Gasteiger partial charge in [0.1, 0.15) is 5.75 Å². The molecule has 0 aliphatic carbocycles. The molecule has 0 saturated heterocycles. The van der Waals surface area contributed by atoms with E-state index in [4.69, 9.17) is 4.74 Å². The number of carbonyl (C=O) groups excluding carboxylic acids is 1. The van der Waals surface area contributed by atoms with Gasteiger partial charge in [-0.15, -0.1) is 0 Å². The first kappa shape index (κ1) is 9.71. The zero-order chi connectivity index (χ0) is 10.7. The summed E-state index contributed by atoms with van der Waals surface area (Å²) >= 11 is 0. The molecule has 1 heterocycles. The third-order valence-electron chi connectivity index (χ3n) is 2.08. The van der Waals surface area contributed by atoms with Crippen molar-refractivity contribution in [3.05, 3.63) is 24.5 Å². The van der Waals surface area contributed by atoms with Gasteiger partial charge in [0, 0.05) is 12.5 Å². The van der Waals surface area contributed by atoms with E-state index in [0.29, 0.717) is 12.2 Å². The summed E-state index contributed by atoms with van der Waals surface area (Å²) < 4.78 is 5.15. The number of aromatic amines is 1. The number of carbonyl (C=O) groups is 1. The molecule has 0 aliphatic rings. The Morgan fingerprint density at radius 2 is 2.40 bits per heavy atom. The predicted molar refractivity (Wildman–Crippen MR) is 56.6 cm³/mol. The van der Waals surface area contributed by atoms with E-state index in [2.05, 4.69) is 9.97 Å². The van der Waals surface area contributed by atoms with Crippen LogP contribution in [-0.4, -0.2) is 15.9 Å². The van der Waals surface area contributed by atoms with Crippen molar-refractivity contribution < 1.29 is 9.53 Å². The maximum atomic E-state index is 11.2. The molecule has 1 N–H and O–H groups in total. The number of rotatable bonds is 3. The summed E-state index contributed by atoms with van der Waals surface area (Å²) in [6, 6.07) is 5.34. The lowest BCUT2D eigenvalue weighted by Gasteiger charge is -2.02. The summed E-state index contributed by atoms with van der Waals surface area (Å²) in [5.74, 6) is 0.363. The smallest absolute Gasteiger partial charge is 0.311 e. The van der Waals surface area contributed by atoms with E-state index in [-0.39, 0.29) is 5.97 Å². The van der Waals surface area contributed by atoms with Crippen LogP contribution in [0.1, 0.15) is 19.8 Å². The van der Waals surface area contributed by atoms with Gasteiger partial charge in [-0.05, 0) is 18.6 Å². The summed E-state index contributed by atoms with van der Waals surface area (Å²) in [5, 5.41) is 0. The molecule has 1 aromatic heterocycles. The van der Waals surface area contributed by atoms with Crippen LogP contribution >= 0.6 is 0 Å². The molecule has 78 valence electrons. The molecule has 0 radical (unpaired) electrons. The van der Waals surface area contributed by atoms with Gasteiger partial charge in [-0.2, -0.15) is 0 Å². The van der Waals surface area contributed by atoms with E-state index < -0.39 is 0 Å². The molecule has 0 unspecified atom stereocenters. The number of fused-ring (bicyclic) bond motifs is 1. The van der Waals surface area contributed by atoms with E-state index in [0.717, 1.165) is 17.5 Å². The van der Waals surface area contributed by atoms with Gasteiger partial charge >= 0.3 is 5.97 Å². The monoisotopic (exact) mass is 204 g/mol. The largest absolute Gasteiger partial charge is 0.426 e. The number of imidazole rings is 1. The average molecular weight is 204 g/mol. The van der Waals surface area contributed by atoms with E-state index in [1.807, 2.05) is 13.0 Å². The van der Waals surface area contributed by atoms with Crippen molar-refractivity contribution in [2.75, 3.05) is 0 Å². The Balaban J connectivity index is 2.17. The fourth-order valence-electron chi connectivity index (χ4n) is 1.36. The number of nitrogens with zero attached hydrogens (tertiary/aromatic N) is 1. The van der Waals surface area contributed by atoms with Crippen molar-refractivity contribution in [1.82, 2.24) is 9.97 Å². The summed E-state index contributed by atoms with van der Waals surface area (Å²) in [6.45, 7) is 1.94. The first-order valence-electron chi connectivity index (χ1n) is 4.93. The van der Waals surface area contributed by atoms with Crippen molar-refractivity contribution >= 4 is 17.0 Å². The van der Waals surface area contributed by atoms with Gasteiger partial charge in [0.2, 0.25) is 0 Å². The number of aromatic nitrogens is 2. The van der Waals surface area contributed by atoms with Crippen LogP contribution in [0.25, 0.3) is 11.0 Å². The Morgan fingerprint density at radius 1 is 1.53 bits per heavy atom. The standard InChI is InChI=1S/C11H12N2O2/c1-2-3-11(14)15-8-4-5-9-10(6-8)13-7-12-9/h4-7H,2-3H2,1H3,(H,12,13). The van der Waals surface area contributed by atoms with Gasteiger partial charge in [0.05, 0.1) is 17.4 Å². The van der Waals surface area contributed by atoms with Gasteiger partial charge in [0.25, 0.3) is 0 Å². The molecule has 4 nitrogen and oxygen atoms in total. The first-order valence-corrected chi connectivity index (χ1v) is 4.93. The molecule has 4 heteroatoms. The lowest BCUT2D eigenvalue weighted by molar-refractivity contribution is -0.134.